The second-order valence-corrected chi connectivity index (χ2v) is 4.78. The summed E-state index contributed by atoms with van der Waals surface area (Å²) in [5.41, 5.74) is 1.43. The lowest BCUT2D eigenvalue weighted by molar-refractivity contribution is -0.0797. The van der Waals surface area contributed by atoms with E-state index in [2.05, 4.69) is 5.16 Å². The average Bonchev–Trinajstić information content (AvgIpc) is 2.87. The van der Waals surface area contributed by atoms with Gasteiger partial charge < -0.3 is 14.7 Å². The maximum atomic E-state index is 8.95. The quantitative estimate of drug-likeness (QED) is 0.526. The van der Waals surface area contributed by atoms with Crippen molar-refractivity contribution in [2.75, 3.05) is 0 Å². The molecule has 4 nitrogen and oxygen atoms in total. The minimum absolute atomic E-state index is 0.349. The fourth-order valence-electron chi connectivity index (χ4n) is 2.35. The topological polar surface area (TPSA) is 51.0 Å². The maximum Gasteiger partial charge on any atom is 0.283 e. The summed E-state index contributed by atoms with van der Waals surface area (Å²) in [5, 5.41) is 12.2. The van der Waals surface area contributed by atoms with Gasteiger partial charge in [0.05, 0.1) is 12.1 Å². The van der Waals surface area contributed by atoms with E-state index in [0.717, 1.165) is 5.56 Å². The van der Waals surface area contributed by atoms with Crippen LogP contribution in [0.4, 0.5) is 0 Å². The summed E-state index contributed by atoms with van der Waals surface area (Å²) in [6.45, 7) is 1.74. The molecule has 0 aromatic heterocycles. The first-order chi connectivity index (χ1) is 9.73. The number of hydrogen-bond acceptors (Lipinski definition) is 4. The fourth-order valence-corrected chi connectivity index (χ4v) is 2.35. The van der Waals surface area contributed by atoms with E-state index in [0.29, 0.717) is 23.6 Å². The summed E-state index contributed by atoms with van der Waals surface area (Å²) in [5.74, 6) is 0.422. The Kier molecular flexibility index (Phi) is 3.06. The first kappa shape index (κ1) is 12.5. The highest BCUT2D eigenvalue weighted by Crippen LogP contribution is 2.45. The summed E-state index contributed by atoms with van der Waals surface area (Å²) >= 11 is 0. The first-order valence-electron chi connectivity index (χ1n) is 6.44. The van der Waals surface area contributed by atoms with Crippen LogP contribution in [0, 0.1) is 0 Å². The molecule has 3 rings (SSSR count). The Morgan fingerprint density at radius 3 is 2.10 bits per heavy atom. The Hall–Kier alpha value is -2.49. The molecule has 0 atom stereocenters. The van der Waals surface area contributed by atoms with Crippen molar-refractivity contribution in [3.05, 3.63) is 60.2 Å². The van der Waals surface area contributed by atoms with E-state index in [9.17, 15) is 0 Å². The Balaban J connectivity index is 2.04. The number of oxime groups is 1. The molecular weight excluding hydrogens is 254 g/mol. The van der Waals surface area contributed by atoms with Crippen molar-refractivity contribution in [2.45, 2.75) is 19.1 Å². The average molecular weight is 269 g/mol. The number of nitrogens with zero attached hydrogens (tertiary/aromatic N) is 1. The van der Waals surface area contributed by atoms with Gasteiger partial charge in [-0.05, 0) is 19.1 Å². The second kappa shape index (κ2) is 4.89. The SMILES string of the molecule is CC(CC1(c2ccccc2)Oc2ccccc2O1)=NO. The lowest BCUT2D eigenvalue weighted by Gasteiger charge is -2.27. The van der Waals surface area contributed by atoms with Crippen molar-refractivity contribution in [3.8, 4) is 11.5 Å². The molecule has 0 radical (unpaired) electrons. The van der Waals surface area contributed by atoms with Gasteiger partial charge in [-0.25, -0.2) is 0 Å². The summed E-state index contributed by atoms with van der Waals surface area (Å²) in [7, 11) is 0. The van der Waals surface area contributed by atoms with Crippen molar-refractivity contribution < 1.29 is 14.7 Å². The highest BCUT2D eigenvalue weighted by atomic mass is 16.7. The van der Waals surface area contributed by atoms with Crippen LogP contribution in [0.3, 0.4) is 0 Å². The van der Waals surface area contributed by atoms with Crippen LogP contribution < -0.4 is 9.47 Å². The normalized spacial score (nSPS) is 16.1. The number of benzene rings is 2. The predicted octanol–water partition coefficient (Wildman–Crippen LogP) is 3.55. The molecule has 0 saturated carbocycles. The van der Waals surface area contributed by atoms with Crippen molar-refractivity contribution >= 4 is 5.71 Å². The lowest BCUT2D eigenvalue weighted by atomic mass is 10.00. The van der Waals surface area contributed by atoms with Gasteiger partial charge in [0, 0.05) is 5.56 Å². The maximum absolute atomic E-state index is 8.95. The summed E-state index contributed by atoms with van der Waals surface area (Å²) < 4.78 is 12.1. The van der Waals surface area contributed by atoms with E-state index < -0.39 is 5.79 Å². The fraction of sp³-hybridized carbons (Fsp3) is 0.188. The molecular formula is C16H15NO3. The van der Waals surface area contributed by atoms with Crippen LogP contribution in [0.2, 0.25) is 0 Å². The van der Waals surface area contributed by atoms with Gasteiger partial charge in [0.1, 0.15) is 0 Å². The first-order valence-corrected chi connectivity index (χ1v) is 6.44. The van der Waals surface area contributed by atoms with Crippen LogP contribution in [0.1, 0.15) is 18.9 Å². The standard InChI is InChI=1S/C16H15NO3/c1-12(17-18)11-16(13-7-3-2-4-8-13)19-14-9-5-6-10-15(14)20-16/h2-10,18H,11H2,1H3. The third-order valence-electron chi connectivity index (χ3n) is 3.27. The van der Waals surface area contributed by atoms with E-state index >= 15 is 0 Å². The van der Waals surface area contributed by atoms with Gasteiger partial charge in [-0.1, -0.05) is 47.6 Å². The van der Waals surface area contributed by atoms with Crippen molar-refractivity contribution in [1.82, 2.24) is 0 Å². The molecule has 1 aliphatic rings. The molecule has 0 amide bonds. The molecule has 2 aromatic rings. The van der Waals surface area contributed by atoms with E-state index in [1.54, 1.807) is 6.92 Å². The van der Waals surface area contributed by atoms with Crippen LogP contribution in [0.15, 0.2) is 59.8 Å². The molecule has 0 unspecified atom stereocenters. The molecule has 4 heteroatoms. The van der Waals surface area contributed by atoms with Gasteiger partial charge in [-0.2, -0.15) is 0 Å². The van der Waals surface area contributed by atoms with Crippen LogP contribution in [0.5, 0.6) is 11.5 Å². The molecule has 2 aromatic carbocycles. The Morgan fingerprint density at radius 2 is 1.55 bits per heavy atom. The lowest BCUT2D eigenvalue weighted by Crippen LogP contribution is -2.37. The molecule has 0 bridgehead atoms. The molecule has 20 heavy (non-hydrogen) atoms. The third-order valence-corrected chi connectivity index (χ3v) is 3.27. The zero-order valence-electron chi connectivity index (χ0n) is 11.1. The van der Waals surface area contributed by atoms with Crippen LogP contribution in [-0.4, -0.2) is 10.9 Å². The minimum atomic E-state index is -0.971. The summed E-state index contributed by atoms with van der Waals surface area (Å²) in [6.07, 6.45) is 0.349. The smallest absolute Gasteiger partial charge is 0.283 e. The van der Waals surface area contributed by atoms with E-state index in [4.69, 9.17) is 14.7 Å². The molecule has 0 aliphatic carbocycles. The monoisotopic (exact) mass is 269 g/mol. The van der Waals surface area contributed by atoms with Gasteiger partial charge in [0.15, 0.2) is 11.5 Å². The van der Waals surface area contributed by atoms with Gasteiger partial charge >= 0.3 is 0 Å². The van der Waals surface area contributed by atoms with Crippen LogP contribution in [-0.2, 0) is 5.79 Å². The van der Waals surface area contributed by atoms with Crippen LogP contribution in [0.25, 0.3) is 0 Å². The summed E-state index contributed by atoms with van der Waals surface area (Å²) in [4.78, 5) is 0. The molecule has 0 fully saturated rings. The molecule has 0 spiro atoms. The van der Waals surface area contributed by atoms with Crippen molar-refractivity contribution in [1.29, 1.82) is 0 Å². The number of para-hydroxylation sites is 2. The van der Waals surface area contributed by atoms with Gasteiger partial charge in [-0.15, -0.1) is 0 Å². The van der Waals surface area contributed by atoms with Gasteiger partial charge in [0.2, 0.25) is 0 Å². The van der Waals surface area contributed by atoms with Gasteiger partial charge in [-0.3, -0.25) is 0 Å². The number of hydrogen-bond donors (Lipinski definition) is 1. The van der Waals surface area contributed by atoms with E-state index in [1.807, 2.05) is 54.6 Å². The van der Waals surface area contributed by atoms with E-state index in [1.165, 1.54) is 0 Å². The molecule has 1 heterocycles. The highest BCUT2D eigenvalue weighted by molar-refractivity contribution is 5.82. The highest BCUT2D eigenvalue weighted by Gasteiger charge is 2.43. The molecule has 1 aliphatic heterocycles. The van der Waals surface area contributed by atoms with E-state index in [-0.39, 0.29) is 0 Å². The third kappa shape index (κ3) is 2.09. The molecule has 0 saturated heterocycles. The van der Waals surface area contributed by atoms with Crippen LogP contribution >= 0.6 is 0 Å². The Labute approximate surface area is 117 Å². The van der Waals surface area contributed by atoms with Gasteiger partial charge in [0.25, 0.3) is 5.79 Å². The number of ether oxygens (including phenoxy) is 2. The minimum Gasteiger partial charge on any atom is -0.444 e. The summed E-state index contributed by atoms with van der Waals surface area (Å²) in [6, 6.07) is 17.2. The molecule has 1 N–H and O–H groups in total. The Bertz CT molecular complexity index is 612. The second-order valence-electron chi connectivity index (χ2n) is 4.78. The number of rotatable bonds is 3. The van der Waals surface area contributed by atoms with Crippen molar-refractivity contribution in [3.63, 3.8) is 0 Å². The predicted molar refractivity (Wildman–Crippen MR) is 75.3 cm³/mol. The largest absolute Gasteiger partial charge is 0.444 e. The zero-order valence-corrected chi connectivity index (χ0v) is 11.1. The Morgan fingerprint density at radius 1 is 1.00 bits per heavy atom. The van der Waals surface area contributed by atoms with Crippen molar-refractivity contribution in [2.24, 2.45) is 5.16 Å². The number of fused-ring (bicyclic) bond motifs is 1. The molecule has 102 valence electrons. The zero-order chi connectivity index (χ0) is 14.0.